The van der Waals surface area contributed by atoms with E-state index in [1.54, 1.807) is 18.3 Å². The summed E-state index contributed by atoms with van der Waals surface area (Å²) in [6.45, 7) is 4.16. The van der Waals surface area contributed by atoms with Crippen molar-refractivity contribution in [2.24, 2.45) is 0 Å². The average Bonchev–Trinajstić information content (AvgIpc) is 2.87. The monoisotopic (exact) mass is 260 g/mol. The quantitative estimate of drug-likeness (QED) is 0.719. The largest absolute Gasteiger partial charge is 0.461 e. The zero-order valence-corrected chi connectivity index (χ0v) is 10.9. The van der Waals surface area contributed by atoms with Gasteiger partial charge in [-0.1, -0.05) is 0 Å². The number of benzene rings is 1. The zero-order chi connectivity index (χ0) is 12.7. The smallest absolute Gasteiger partial charge is 0.354 e. The van der Waals surface area contributed by atoms with E-state index in [1.165, 1.54) is 0 Å². The van der Waals surface area contributed by atoms with Gasteiger partial charge in [-0.25, -0.2) is 9.78 Å². The number of fused-ring (bicyclic) bond motifs is 2. The van der Waals surface area contributed by atoms with Gasteiger partial charge < -0.3 is 9.72 Å². The highest BCUT2D eigenvalue weighted by Gasteiger charge is 2.11. The molecule has 3 aromatic rings. The molecule has 2 aromatic heterocycles. The molecule has 0 saturated carbocycles. The van der Waals surface area contributed by atoms with E-state index in [9.17, 15) is 4.79 Å². The SMILES string of the molecule is CCOC(=O)c1cc2cc3sc(C)nc3cc2[nH]1. The molecule has 1 aromatic carbocycles. The number of aryl methyl sites for hydroxylation is 1. The van der Waals surface area contributed by atoms with Crippen molar-refractivity contribution in [3.63, 3.8) is 0 Å². The molecule has 0 aliphatic carbocycles. The number of thiazole rings is 1. The molecule has 0 aliphatic heterocycles. The molecule has 18 heavy (non-hydrogen) atoms. The first-order valence-electron chi connectivity index (χ1n) is 5.74. The summed E-state index contributed by atoms with van der Waals surface area (Å²) in [5.41, 5.74) is 2.36. The Balaban J connectivity index is 2.14. The van der Waals surface area contributed by atoms with E-state index in [2.05, 4.69) is 16.0 Å². The molecule has 0 spiro atoms. The number of hydrogen-bond donors (Lipinski definition) is 1. The molecule has 1 N–H and O–H groups in total. The van der Waals surface area contributed by atoms with E-state index < -0.39 is 0 Å². The first-order valence-corrected chi connectivity index (χ1v) is 6.56. The molecule has 3 rings (SSSR count). The summed E-state index contributed by atoms with van der Waals surface area (Å²) in [6.07, 6.45) is 0. The summed E-state index contributed by atoms with van der Waals surface area (Å²) in [5.74, 6) is -0.318. The second-order valence-electron chi connectivity index (χ2n) is 4.04. The maximum atomic E-state index is 11.6. The number of aromatic amines is 1. The fourth-order valence-electron chi connectivity index (χ4n) is 1.99. The second kappa shape index (κ2) is 4.10. The van der Waals surface area contributed by atoms with E-state index in [4.69, 9.17) is 4.74 Å². The van der Waals surface area contributed by atoms with E-state index >= 15 is 0 Å². The Morgan fingerprint density at radius 1 is 1.44 bits per heavy atom. The van der Waals surface area contributed by atoms with Gasteiger partial charge in [0, 0.05) is 10.9 Å². The Morgan fingerprint density at radius 3 is 3.06 bits per heavy atom. The van der Waals surface area contributed by atoms with Gasteiger partial charge in [-0.2, -0.15) is 0 Å². The number of rotatable bonds is 2. The van der Waals surface area contributed by atoms with Gasteiger partial charge in [0.25, 0.3) is 0 Å². The third kappa shape index (κ3) is 1.76. The third-order valence-electron chi connectivity index (χ3n) is 2.73. The number of carbonyl (C=O) groups excluding carboxylic acids is 1. The minimum Gasteiger partial charge on any atom is -0.461 e. The van der Waals surface area contributed by atoms with Crippen LogP contribution in [0.1, 0.15) is 22.4 Å². The topological polar surface area (TPSA) is 55.0 Å². The van der Waals surface area contributed by atoms with Crippen molar-refractivity contribution < 1.29 is 9.53 Å². The standard InChI is InChI=1S/C13H12N2O2S/c1-3-17-13(16)11-4-8-5-12-10(6-9(8)15-11)14-7(2)18-12/h4-6,15H,3H2,1-2H3. The fraction of sp³-hybridized carbons (Fsp3) is 0.231. The minimum atomic E-state index is -0.318. The van der Waals surface area contributed by atoms with Crippen LogP contribution in [0.5, 0.6) is 0 Å². The molecule has 5 heteroatoms. The first-order chi connectivity index (χ1) is 8.67. The number of hydrogen-bond acceptors (Lipinski definition) is 4. The van der Waals surface area contributed by atoms with Gasteiger partial charge in [-0.15, -0.1) is 11.3 Å². The Bertz CT molecular complexity index is 691. The van der Waals surface area contributed by atoms with Gasteiger partial charge in [0.15, 0.2) is 0 Å². The summed E-state index contributed by atoms with van der Waals surface area (Å²) >= 11 is 1.65. The Hall–Kier alpha value is -1.88. The lowest BCUT2D eigenvalue weighted by molar-refractivity contribution is 0.0520. The van der Waals surface area contributed by atoms with Gasteiger partial charge in [0.1, 0.15) is 5.69 Å². The lowest BCUT2D eigenvalue weighted by atomic mass is 10.2. The van der Waals surface area contributed by atoms with Gasteiger partial charge in [-0.3, -0.25) is 0 Å². The normalized spacial score (nSPS) is 11.2. The fourth-order valence-corrected chi connectivity index (χ4v) is 2.85. The van der Waals surface area contributed by atoms with Gasteiger partial charge in [-0.05, 0) is 32.0 Å². The summed E-state index contributed by atoms with van der Waals surface area (Å²) in [5, 5.41) is 2.05. The minimum absolute atomic E-state index is 0.318. The predicted molar refractivity (Wildman–Crippen MR) is 72.2 cm³/mol. The van der Waals surface area contributed by atoms with Crippen LogP contribution in [0.3, 0.4) is 0 Å². The average molecular weight is 260 g/mol. The third-order valence-corrected chi connectivity index (χ3v) is 3.66. The van der Waals surface area contributed by atoms with Crippen LogP contribution in [0.4, 0.5) is 0 Å². The van der Waals surface area contributed by atoms with Crippen molar-refractivity contribution >= 4 is 38.4 Å². The van der Waals surface area contributed by atoms with Gasteiger partial charge in [0.05, 0.1) is 21.8 Å². The van der Waals surface area contributed by atoms with Crippen LogP contribution in [-0.4, -0.2) is 22.5 Å². The molecule has 0 fully saturated rings. The molecular weight excluding hydrogens is 248 g/mol. The van der Waals surface area contributed by atoms with Crippen LogP contribution in [0, 0.1) is 6.92 Å². The Morgan fingerprint density at radius 2 is 2.28 bits per heavy atom. The lowest BCUT2D eigenvalue weighted by Crippen LogP contribution is -2.04. The van der Waals surface area contributed by atoms with E-state index in [1.807, 2.05) is 19.1 Å². The van der Waals surface area contributed by atoms with E-state index in [0.717, 1.165) is 26.1 Å². The zero-order valence-electron chi connectivity index (χ0n) is 10.1. The van der Waals surface area contributed by atoms with Crippen LogP contribution in [0.15, 0.2) is 18.2 Å². The highest BCUT2D eigenvalue weighted by atomic mass is 32.1. The van der Waals surface area contributed by atoms with Crippen molar-refractivity contribution in [1.29, 1.82) is 0 Å². The summed E-state index contributed by atoms with van der Waals surface area (Å²) in [7, 11) is 0. The number of carbonyl (C=O) groups is 1. The molecule has 0 saturated heterocycles. The van der Waals surface area contributed by atoms with Crippen LogP contribution in [-0.2, 0) is 4.74 Å². The highest BCUT2D eigenvalue weighted by Crippen LogP contribution is 2.27. The number of esters is 1. The van der Waals surface area contributed by atoms with Crippen LogP contribution in [0.2, 0.25) is 0 Å². The molecule has 4 nitrogen and oxygen atoms in total. The first kappa shape index (κ1) is 11.2. The van der Waals surface area contributed by atoms with Gasteiger partial charge >= 0.3 is 5.97 Å². The number of nitrogens with zero attached hydrogens (tertiary/aromatic N) is 1. The predicted octanol–water partition coefficient (Wildman–Crippen LogP) is 3.26. The van der Waals surface area contributed by atoms with Crippen LogP contribution in [0.25, 0.3) is 21.1 Å². The number of nitrogens with one attached hydrogen (secondary N) is 1. The molecule has 0 amide bonds. The molecule has 0 radical (unpaired) electrons. The number of ether oxygens (including phenoxy) is 1. The molecule has 0 bridgehead atoms. The lowest BCUT2D eigenvalue weighted by Gasteiger charge is -1.96. The highest BCUT2D eigenvalue weighted by molar-refractivity contribution is 7.18. The maximum absolute atomic E-state index is 11.6. The molecule has 0 atom stereocenters. The van der Waals surface area contributed by atoms with Crippen molar-refractivity contribution in [2.45, 2.75) is 13.8 Å². The second-order valence-corrected chi connectivity index (χ2v) is 5.28. The van der Waals surface area contributed by atoms with Crippen molar-refractivity contribution in [1.82, 2.24) is 9.97 Å². The molecular formula is C13H12N2O2S. The van der Waals surface area contributed by atoms with Crippen LogP contribution < -0.4 is 0 Å². The maximum Gasteiger partial charge on any atom is 0.354 e. The Kier molecular flexibility index (Phi) is 2.56. The summed E-state index contributed by atoms with van der Waals surface area (Å²) in [6, 6.07) is 5.84. The van der Waals surface area contributed by atoms with Crippen molar-refractivity contribution in [3.8, 4) is 0 Å². The molecule has 0 unspecified atom stereocenters. The molecule has 2 heterocycles. The van der Waals surface area contributed by atoms with Crippen molar-refractivity contribution in [3.05, 3.63) is 28.9 Å². The summed E-state index contributed by atoms with van der Waals surface area (Å²) in [4.78, 5) is 19.1. The van der Waals surface area contributed by atoms with Crippen LogP contribution >= 0.6 is 11.3 Å². The van der Waals surface area contributed by atoms with E-state index in [0.29, 0.717) is 12.3 Å². The summed E-state index contributed by atoms with van der Waals surface area (Å²) < 4.78 is 6.11. The van der Waals surface area contributed by atoms with Crippen molar-refractivity contribution in [2.75, 3.05) is 6.61 Å². The van der Waals surface area contributed by atoms with E-state index in [-0.39, 0.29) is 5.97 Å². The number of H-pyrrole nitrogens is 1. The Labute approximate surface area is 108 Å². The number of aromatic nitrogens is 2. The molecule has 0 aliphatic rings. The molecule has 92 valence electrons. The van der Waals surface area contributed by atoms with Gasteiger partial charge in [0.2, 0.25) is 0 Å².